The summed E-state index contributed by atoms with van der Waals surface area (Å²) in [7, 11) is 1.71. The average molecular weight is 421 g/mol. The standard InChI is InChI=1S/C24H36N2O2.ClH/c1-28-22-9-7-17(8-10-22)5-6-18-11-13-26(14-12-18)24(27)21-15-19-3-2-4-20(16-21)23(19)25;/h7-10,18-21,23H,2-6,11-16,25H2,1H3;1H. The Bertz CT molecular complexity index is 643. The van der Waals surface area contributed by atoms with Gasteiger partial charge in [-0.05, 0) is 86.8 Å². The van der Waals surface area contributed by atoms with Crippen molar-refractivity contribution in [2.24, 2.45) is 29.4 Å². The number of piperidine rings is 1. The zero-order valence-corrected chi connectivity index (χ0v) is 18.5. The van der Waals surface area contributed by atoms with Crippen molar-refractivity contribution in [1.82, 2.24) is 4.90 Å². The Morgan fingerprint density at radius 1 is 1.07 bits per heavy atom. The first-order valence-corrected chi connectivity index (χ1v) is 11.3. The Balaban J connectivity index is 0.00000240. The molecule has 1 aromatic rings. The molecule has 2 bridgehead atoms. The molecule has 2 atom stereocenters. The van der Waals surface area contributed by atoms with Crippen LogP contribution in [0.5, 0.6) is 5.75 Å². The number of rotatable bonds is 5. The number of benzene rings is 1. The number of halogens is 1. The lowest BCUT2D eigenvalue weighted by atomic mass is 9.65. The summed E-state index contributed by atoms with van der Waals surface area (Å²) in [6.07, 6.45) is 10.5. The Hall–Kier alpha value is -1.26. The van der Waals surface area contributed by atoms with Gasteiger partial charge < -0.3 is 15.4 Å². The second-order valence-electron chi connectivity index (χ2n) is 9.35. The van der Waals surface area contributed by atoms with Crippen LogP contribution in [0.25, 0.3) is 0 Å². The number of carbonyl (C=O) groups excluding carboxylic acids is 1. The van der Waals surface area contributed by atoms with Gasteiger partial charge in [0, 0.05) is 25.0 Å². The summed E-state index contributed by atoms with van der Waals surface area (Å²) in [6.45, 7) is 1.90. The Morgan fingerprint density at radius 2 is 1.69 bits per heavy atom. The fourth-order valence-corrected chi connectivity index (χ4v) is 5.85. The van der Waals surface area contributed by atoms with Crippen LogP contribution in [0, 0.1) is 23.7 Å². The van der Waals surface area contributed by atoms with E-state index in [2.05, 4.69) is 17.0 Å². The number of fused-ring (bicyclic) bond motifs is 2. The van der Waals surface area contributed by atoms with E-state index >= 15 is 0 Å². The van der Waals surface area contributed by atoms with Crippen LogP contribution in [0.3, 0.4) is 0 Å². The number of hydrogen-bond donors (Lipinski definition) is 1. The molecule has 162 valence electrons. The smallest absolute Gasteiger partial charge is 0.225 e. The number of ether oxygens (including phenoxy) is 1. The van der Waals surface area contributed by atoms with Crippen molar-refractivity contribution < 1.29 is 9.53 Å². The fraction of sp³-hybridized carbons (Fsp3) is 0.708. The van der Waals surface area contributed by atoms with Crippen LogP contribution in [0.2, 0.25) is 0 Å². The molecule has 1 aromatic carbocycles. The Labute approximate surface area is 182 Å². The van der Waals surface area contributed by atoms with Crippen LogP contribution in [-0.2, 0) is 11.2 Å². The molecule has 4 rings (SSSR count). The number of likely N-dealkylation sites (tertiary alicyclic amines) is 1. The van der Waals surface area contributed by atoms with Gasteiger partial charge >= 0.3 is 0 Å². The number of nitrogens with zero attached hydrogens (tertiary/aromatic N) is 1. The molecule has 0 aromatic heterocycles. The van der Waals surface area contributed by atoms with Crippen molar-refractivity contribution in [3.63, 3.8) is 0 Å². The van der Waals surface area contributed by atoms with E-state index in [1.165, 1.54) is 31.2 Å². The SMILES string of the molecule is COc1ccc(CCC2CCN(C(=O)C3CC4CCCC(C3)C4N)CC2)cc1.Cl. The molecule has 3 aliphatic rings. The third kappa shape index (κ3) is 5.27. The molecular weight excluding hydrogens is 384 g/mol. The van der Waals surface area contributed by atoms with Gasteiger partial charge in [-0.3, -0.25) is 4.79 Å². The first kappa shape index (κ1) is 22.4. The van der Waals surface area contributed by atoms with Crippen molar-refractivity contribution in [3.05, 3.63) is 29.8 Å². The topological polar surface area (TPSA) is 55.6 Å². The quantitative estimate of drug-likeness (QED) is 0.765. The minimum Gasteiger partial charge on any atom is -0.497 e. The number of aryl methyl sites for hydroxylation is 1. The molecule has 0 spiro atoms. The first-order chi connectivity index (χ1) is 13.6. The molecule has 2 aliphatic carbocycles. The minimum atomic E-state index is 0. The maximum absolute atomic E-state index is 13.1. The maximum Gasteiger partial charge on any atom is 0.225 e. The van der Waals surface area contributed by atoms with Crippen molar-refractivity contribution >= 4 is 18.3 Å². The zero-order chi connectivity index (χ0) is 19.5. The van der Waals surface area contributed by atoms with Gasteiger partial charge in [0.1, 0.15) is 5.75 Å². The molecular formula is C24H37ClN2O2. The largest absolute Gasteiger partial charge is 0.497 e. The van der Waals surface area contributed by atoms with E-state index < -0.39 is 0 Å². The number of carbonyl (C=O) groups is 1. The van der Waals surface area contributed by atoms with Crippen LogP contribution in [0.4, 0.5) is 0 Å². The van der Waals surface area contributed by atoms with E-state index in [0.717, 1.165) is 56.9 Å². The van der Waals surface area contributed by atoms with Crippen molar-refractivity contribution in [2.45, 2.75) is 63.8 Å². The summed E-state index contributed by atoms with van der Waals surface area (Å²) in [5.74, 6) is 3.50. The summed E-state index contributed by atoms with van der Waals surface area (Å²) < 4.78 is 5.23. The summed E-state index contributed by atoms with van der Waals surface area (Å²) in [5.41, 5.74) is 7.79. The average Bonchev–Trinajstić information content (AvgIpc) is 2.72. The van der Waals surface area contributed by atoms with Gasteiger partial charge in [0.25, 0.3) is 0 Å². The predicted octanol–water partition coefficient (Wildman–Crippen LogP) is 4.44. The Kier molecular flexibility index (Phi) is 7.86. The molecule has 5 heteroatoms. The maximum atomic E-state index is 13.1. The normalized spacial score (nSPS) is 29.8. The molecule has 4 nitrogen and oxygen atoms in total. The third-order valence-electron chi connectivity index (χ3n) is 7.69. The highest BCUT2D eigenvalue weighted by molar-refractivity contribution is 5.85. The van der Waals surface area contributed by atoms with Crippen LogP contribution < -0.4 is 10.5 Å². The van der Waals surface area contributed by atoms with Crippen molar-refractivity contribution in [1.29, 1.82) is 0 Å². The number of methoxy groups -OCH3 is 1. The van der Waals surface area contributed by atoms with Gasteiger partial charge in [0.2, 0.25) is 5.91 Å². The third-order valence-corrected chi connectivity index (χ3v) is 7.69. The molecule has 1 heterocycles. The highest BCUT2D eigenvalue weighted by Crippen LogP contribution is 2.42. The molecule has 1 amide bonds. The lowest BCUT2D eigenvalue weighted by molar-refractivity contribution is -0.140. The van der Waals surface area contributed by atoms with E-state index in [1.54, 1.807) is 7.11 Å². The fourth-order valence-electron chi connectivity index (χ4n) is 5.85. The molecule has 1 saturated heterocycles. The van der Waals surface area contributed by atoms with Gasteiger partial charge in [0.05, 0.1) is 7.11 Å². The first-order valence-electron chi connectivity index (χ1n) is 11.3. The summed E-state index contributed by atoms with van der Waals surface area (Å²) in [4.78, 5) is 15.3. The molecule has 3 fully saturated rings. The van der Waals surface area contributed by atoms with Crippen LogP contribution in [0.1, 0.15) is 56.9 Å². The number of nitrogens with two attached hydrogens (primary N) is 1. The van der Waals surface area contributed by atoms with E-state index in [0.29, 0.717) is 23.8 Å². The van der Waals surface area contributed by atoms with E-state index in [9.17, 15) is 4.79 Å². The molecule has 0 radical (unpaired) electrons. The van der Waals surface area contributed by atoms with Crippen LogP contribution in [-0.4, -0.2) is 37.0 Å². The van der Waals surface area contributed by atoms with E-state index in [-0.39, 0.29) is 18.3 Å². The van der Waals surface area contributed by atoms with Crippen LogP contribution in [0.15, 0.2) is 24.3 Å². The monoisotopic (exact) mass is 420 g/mol. The number of hydrogen-bond acceptors (Lipinski definition) is 3. The molecule has 2 saturated carbocycles. The van der Waals surface area contributed by atoms with Crippen molar-refractivity contribution in [3.8, 4) is 5.75 Å². The second kappa shape index (κ2) is 10.2. The minimum absolute atomic E-state index is 0. The van der Waals surface area contributed by atoms with Crippen molar-refractivity contribution in [2.75, 3.05) is 20.2 Å². The highest BCUT2D eigenvalue weighted by atomic mass is 35.5. The summed E-state index contributed by atoms with van der Waals surface area (Å²) in [6, 6.07) is 8.77. The zero-order valence-electron chi connectivity index (χ0n) is 17.7. The van der Waals surface area contributed by atoms with E-state index in [4.69, 9.17) is 10.5 Å². The predicted molar refractivity (Wildman–Crippen MR) is 119 cm³/mol. The lowest BCUT2D eigenvalue weighted by Gasteiger charge is -2.45. The van der Waals surface area contributed by atoms with Crippen LogP contribution >= 0.6 is 12.4 Å². The van der Waals surface area contributed by atoms with Gasteiger partial charge in [0.15, 0.2) is 0 Å². The lowest BCUT2D eigenvalue weighted by Crippen LogP contribution is -2.50. The summed E-state index contributed by atoms with van der Waals surface area (Å²) in [5, 5.41) is 0. The molecule has 29 heavy (non-hydrogen) atoms. The second-order valence-corrected chi connectivity index (χ2v) is 9.35. The molecule has 2 N–H and O–H groups in total. The molecule has 2 unspecified atom stereocenters. The van der Waals surface area contributed by atoms with Gasteiger partial charge in [-0.2, -0.15) is 0 Å². The van der Waals surface area contributed by atoms with Gasteiger partial charge in [-0.25, -0.2) is 0 Å². The van der Waals surface area contributed by atoms with Gasteiger partial charge in [-0.1, -0.05) is 18.6 Å². The molecule has 1 aliphatic heterocycles. The highest BCUT2D eigenvalue weighted by Gasteiger charge is 2.41. The number of amides is 1. The van der Waals surface area contributed by atoms with E-state index in [1.807, 2.05) is 12.1 Å². The van der Waals surface area contributed by atoms with Gasteiger partial charge in [-0.15, -0.1) is 12.4 Å². The summed E-state index contributed by atoms with van der Waals surface area (Å²) >= 11 is 0. The Morgan fingerprint density at radius 3 is 2.28 bits per heavy atom.